The molecule has 0 radical (unpaired) electrons. The first-order valence-electron chi connectivity index (χ1n) is 17.8. The second-order valence-electron chi connectivity index (χ2n) is 12.3. The Morgan fingerprint density at radius 2 is 1.52 bits per heavy atom. The maximum absolute atomic E-state index is 13.9. The zero-order valence-corrected chi connectivity index (χ0v) is 30.4. The highest BCUT2D eigenvalue weighted by molar-refractivity contribution is 8.00. The third-order valence-electron chi connectivity index (χ3n) is 8.19. The highest BCUT2D eigenvalue weighted by Gasteiger charge is 2.32. The van der Waals surface area contributed by atoms with Gasteiger partial charge in [-0.3, -0.25) is 9.13 Å². The molecule has 1 aromatic carbocycles. The summed E-state index contributed by atoms with van der Waals surface area (Å²) in [7, 11) is -3.43. The summed E-state index contributed by atoms with van der Waals surface area (Å²) in [6, 6.07) is 9.56. The zero-order valence-electron chi connectivity index (χ0n) is 28.7. The van der Waals surface area contributed by atoms with Crippen LogP contribution in [0.25, 0.3) is 0 Å². The molecule has 48 heavy (non-hydrogen) atoms. The molecular weight excluding hydrogens is 656 g/mol. The molecule has 0 saturated carbocycles. The normalized spacial score (nSPS) is 17.5. The average Bonchev–Trinajstić information content (AvgIpc) is 3.57. The third kappa shape index (κ3) is 16.7. The van der Waals surface area contributed by atoms with E-state index in [1.807, 2.05) is 30.3 Å². The van der Waals surface area contributed by atoms with Gasteiger partial charge in [0.25, 0.3) is 0 Å². The Kier molecular flexibility index (Phi) is 20.6. The van der Waals surface area contributed by atoms with Crippen LogP contribution in [0.15, 0.2) is 41.3 Å². The van der Waals surface area contributed by atoms with Gasteiger partial charge in [-0.05, 0) is 24.8 Å². The van der Waals surface area contributed by atoms with Gasteiger partial charge in [-0.1, -0.05) is 114 Å². The number of hydrogen-bond donors (Lipinski definition) is 1. The van der Waals surface area contributed by atoms with E-state index in [4.69, 9.17) is 29.0 Å². The number of ether oxygens (including phenoxy) is 3. The van der Waals surface area contributed by atoms with E-state index in [-0.39, 0.29) is 13.2 Å². The maximum Gasteiger partial charge on any atom is 0.351 e. The Bertz CT molecular complexity index is 1240. The Morgan fingerprint density at radius 3 is 2.17 bits per heavy atom. The molecule has 1 saturated heterocycles. The average molecular weight is 714 g/mol. The van der Waals surface area contributed by atoms with E-state index in [0.717, 1.165) is 80.9 Å². The van der Waals surface area contributed by atoms with Gasteiger partial charge in [-0.2, -0.15) is 4.98 Å². The highest BCUT2D eigenvalue weighted by Crippen LogP contribution is 2.51. The number of nitrogen functional groups attached to an aromatic ring is 1. The lowest BCUT2D eigenvalue weighted by Gasteiger charge is -2.21. The summed E-state index contributed by atoms with van der Waals surface area (Å²) in [6.45, 7) is 4.34. The topological polar surface area (TPSA) is 124 Å². The van der Waals surface area contributed by atoms with Crippen molar-refractivity contribution >= 4 is 25.2 Å². The van der Waals surface area contributed by atoms with E-state index < -0.39 is 36.6 Å². The second-order valence-corrected chi connectivity index (χ2v) is 15.7. The molecule has 3 atom stereocenters. The Morgan fingerprint density at radius 1 is 0.917 bits per heavy atom. The van der Waals surface area contributed by atoms with Crippen molar-refractivity contribution in [3.8, 4) is 0 Å². The lowest BCUT2D eigenvalue weighted by Crippen LogP contribution is -2.30. The first kappa shape index (κ1) is 40.6. The molecule has 13 heteroatoms. The van der Waals surface area contributed by atoms with Gasteiger partial charge in [0.2, 0.25) is 0 Å². The standard InChI is InChI=1S/C35H57FN3O7PS/c1-2-3-4-5-6-8-11-17-22-42-29-43-23-18-12-9-7-10-13-19-24-47(41,44-26-30-20-15-14-16-21-30)45-27-33-46-32(28-48-33)39-25-31(36)34(37)38-35(39)40/h14-16,20-21,25,32-33H,2-13,17-19,22-24,26-29H2,1H3,(H2,37,38,40)/t32-,33+,47?/m1/s1. The van der Waals surface area contributed by atoms with E-state index in [1.54, 1.807) is 0 Å². The Labute approximate surface area is 290 Å². The van der Waals surface area contributed by atoms with Gasteiger partial charge in [-0.15, -0.1) is 11.8 Å². The SMILES string of the molecule is CCCCCCCCCCOCOCCCCCCCCCP(=O)(OCc1ccccc1)OC[C@H]1O[C@@H](n2cc(F)c(N)nc2=O)CS1. The van der Waals surface area contributed by atoms with Crippen LogP contribution in [-0.4, -0.2) is 53.5 Å². The van der Waals surface area contributed by atoms with Crippen molar-refractivity contribution in [3.63, 3.8) is 0 Å². The number of unbranched alkanes of at least 4 members (excludes halogenated alkanes) is 13. The number of halogens is 1. The van der Waals surface area contributed by atoms with Gasteiger partial charge in [0, 0.05) is 19.0 Å². The van der Waals surface area contributed by atoms with E-state index in [2.05, 4.69) is 11.9 Å². The summed E-state index contributed by atoms with van der Waals surface area (Å²) < 4.78 is 57.6. The number of anilines is 1. The van der Waals surface area contributed by atoms with E-state index in [0.29, 0.717) is 18.7 Å². The van der Waals surface area contributed by atoms with Crippen LogP contribution in [0.4, 0.5) is 10.2 Å². The van der Waals surface area contributed by atoms with E-state index >= 15 is 0 Å². The molecule has 2 heterocycles. The van der Waals surface area contributed by atoms with Crippen LogP contribution in [0.1, 0.15) is 115 Å². The molecule has 0 bridgehead atoms. The van der Waals surface area contributed by atoms with Crippen molar-refractivity contribution in [3.05, 3.63) is 58.4 Å². The monoisotopic (exact) mass is 713 g/mol. The fourth-order valence-electron chi connectivity index (χ4n) is 5.34. The van der Waals surface area contributed by atoms with Crippen LogP contribution >= 0.6 is 19.4 Å². The minimum Gasteiger partial charge on any atom is -0.381 e. The zero-order chi connectivity index (χ0) is 34.3. The lowest BCUT2D eigenvalue weighted by molar-refractivity contribution is -0.0556. The number of benzene rings is 1. The highest BCUT2D eigenvalue weighted by atomic mass is 32.2. The lowest BCUT2D eigenvalue weighted by atomic mass is 10.1. The van der Waals surface area contributed by atoms with Gasteiger partial charge >= 0.3 is 13.3 Å². The first-order valence-corrected chi connectivity index (χ1v) is 20.6. The largest absolute Gasteiger partial charge is 0.381 e. The maximum atomic E-state index is 13.9. The molecule has 0 amide bonds. The fourth-order valence-corrected chi connectivity index (χ4v) is 8.08. The number of nitrogens with two attached hydrogens (primary N) is 1. The van der Waals surface area contributed by atoms with Crippen molar-refractivity contribution in [2.45, 2.75) is 122 Å². The molecule has 1 aliphatic rings. The predicted molar refractivity (Wildman–Crippen MR) is 191 cm³/mol. The molecule has 1 fully saturated rings. The smallest absolute Gasteiger partial charge is 0.351 e. The Balaban J connectivity index is 1.25. The number of thioether (sulfide) groups is 1. The fraction of sp³-hybridized carbons (Fsp3) is 0.714. The number of nitrogens with zero attached hydrogens (tertiary/aromatic N) is 2. The van der Waals surface area contributed by atoms with Crippen molar-refractivity contribution in [1.82, 2.24) is 9.55 Å². The quantitative estimate of drug-likeness (QED) is 0.0520. The summed E-state index contributed by atoms with van der Waals surface area (Å²) in [5, 5.41) is 0. The van der Waals surface area contributed by atoms with Crippen LogP contribution in [0.5, 0.6) is 0 Å². The van der Waals surface area contributed by atoms with Crippen molar-refractivity contribution in [1.29, 1.82) is 0 Å². The molecule has 2 N–H and O–H groups in total. The minimum atomic E-state index is -3.43. The Hall–Kier alpha value is -1.79. The number of rotatable bonds is 28. The predicted octanol–water partition coefficient (Wildman–Crippen LogP) is 8.84. The van der Waals surface area contributed by atoms with E-state index in [9.17, 15) is 13.8 Å². The van der Waals surface area contributed by atoms with Crippen LogP contribution in [-0.2, 0) is 34.4 Å². The van der Waals surface area contributed by atoms with Gasteiger partial charge in [0.1, 0.15) is 18.5 Å². The number of aromatic nitrogens is 2. The van der Waals surface area contributed by atoms with Crippen LogP contribution < -0.4 is 11.4 Å². The molecule has 1 unspecified atom stereocenters. The molecule has 3 rings (SSSR count). The second kappa shape index (κ2) is 24.4. The van der Waals surface area contributed by atoms with Gasteiger partial charge in [-0.25, -0.2) is 9.18 Å². The summed E-state index contributed by atoms with van der Waals surface area (Å²) in [4.78, 5) is 15.7. The number of hydrogen-bond acceptors (Lipinski definition) is 10. The van der Waals surface area contributed by atoms with E-state index in [1.165, 1.54) is 56.7 Å². The van der Waals surface area contributed by atoms with Crippen LogP contribution in [0.2, 0.25) is 0 Å². The van der Waals surface area contributed by atoms with Crippen molar-refractivity contribution in [2.24, 2.45) is 0 Å². The molecule has 10 nitrogen and oxygen atoms in total. The minimum absolute atomic E-state index is 0.0131. The molecule has 1 aliphatic heterocycles. The van der Waals surface area contributed by atoms with Crippen molar-refractivity contribution < 1.29 is 32.2 Å². The van der Waals surface area contributed by atoms with Gasteiger partial charge in [0.05, 0.1) is 25.6 Å². The molecule has 1 aromatic heterocycles. The van der Waals surface area contributed by atoms with Gasteiger partial charge < -0.3 is 29.0 Å². The molecular formula is C35H57FN3O7PS. The molecule has 0 aliphatic carbocycles. The summed E-state index contributed by atoms with van der Waals surface area (Å²) in [5.41, 5.74) is 5.11. The summed E-state index contributed by atoms with van der Waals surface area (Å²) in [6.07, 6.45) is 18.0. The summed E-state index contributed by atoms with van der Waals surface area (Å²) in [5.74, 6) is -0.859. The molecule has 272 valence electrons. The van der Waals surface area contributed by atoms with Gasteiger partial charge in [0.15, 0.2) is 11.6 Å². The van der Waals surface area contributed by atoms with Crippen LogP contribution in [0, 0.1) is 5.82 Å². The van der Waals surface area contributed by atoms with Crippen molar-refractivity contribution in [2.75, 3.05) is 44.3 Å². The molecule has 2 aromatic rings. The van der Waals surface area contributed by atoms with Crippen LogP contribution in [0.3, 0.4) is 0 Å². The third-order valence-corrected chi connectivity index (χ3v) is 11.2. The first-order chi connectivity index (χ1) is 23.4. The summed E-state index contributed by atoms with van der Waals surface area (Å²) >= 11 is 1.39. The molecule has 0 spiro atoms.